The number of nitrogens with zero attached hydrogens (tertiary/aromatic N) is 2. The molecule has 2 heterocycles. The largest absolute Gasteiger partial charge is 0.487 e. The van der Waals surface area contributed by atoms with E-state index in [1.54, 1.807) is 18.3 Å². The van der Waals surface area contributed by atoms with E-state index in [4.69, 9.17) is 14.2 Å². The molecule has 0 spiro atoms. The lowest BCUT2D eigenvalue weighted by molar-refractivity contribution is -0.0440. The number of aromatic nitrogens is 1. The van der Waals surface area contributed by atoms with E-state index in [0.717, 1.165) is 11.3 Å². The zero-order valence-corrected chi connectivity index (χ0v) is 20.5. The Bertz CT molecular complexity index is 1220. The number of sulfonamides is 1. The molecule has 2 unspecified atom stereocenters. The van der Waals surface area contributed by atoms with Crippen LogP contribution in [0.15, 0.2) is 77.8 Å². The number of rotatable bonds is 8. The minimum Gasteiger partial charge on any atom is -0.487 e. The summed E-state index contributed by atoms with van der Waals surface area (Å²) in [5.74, 6) is 0.157. The second-order valence-corrected chi connectivity index (χ2v) is 10.4. The molecule has 1 saturated heterocycles. The summed E-state index contributed by atoms with van der Waals surface area (Å²) in [7, 11) is -3.67. The van der Waals surface area contributed by atoms with Gasteiger partial charge in [0.1, 0.15) is 19.0 Å². The highest BCUT2D eigenvalue weighted by Crippen LogP contribution is 2.22. The van der Waals surface area contributed by atoms with Crippen LogP contribution in [0.2, 0.25) is 0 Å². The molecular formula is C26H28N2O6S. The first-order valence-corrected chi connectivity index (χ1v) is 12.8. The molecular weight excluding hydrogens is 468 g/mol. The number of hydrogen-bond acceptors (Lipinski definition) is 7. The number of hydrogen-bond donors (Lipinski definition) is 0. The molecule has 0 saturated carbocycles. The number of carbonyl (C=O) groups is 1. The highest BCUT2D eigenvalue weighted by molar-refractivity contribution is 7.89. The SMILES string of the molecule is CC1CN(S(=O)(=O)c2ccc(C(=O)OCc3ccc(OCc4ccccn4)cc3)cc2)CC(C)O1. The molecule has 0 radical (unpaired) electrons. The fraction of sp³-hybridized carbons (Fsp3) is 0.308. The van der Waals surface area contributed by atoms with Gasteiger partial charge in [0.25, 0.3) is 0 Å². The van der Waals surface area contributed by atoms with Crippen molar-refractivity contribution in [3.8, 4) is 5.75 Å². The van der Waals surface area contributed by atoms with Crippen molar-refractivity contribution < 1.29 is 27.4 Å². The maximum atomic E-state index is 13.0. The molecule has 184 valence electrons. The second kappa shape index (κ2) is 11.0. The molecule has 4 rings (SSSR count). The predicted molar refractivity (Wildman–Crippen MR) is 129 cm³/mol. The van der Waals surface area contributed by atoms with Crippen molar-refractivity contribution in [1.82, 2.24) is 9.29 Å². The Morgan fingerprint density at radius 1 is 0.971 bits per heavy atom. The minimum atomic E-state index is -3.67. The molecule has 8 nitrogen and oxygen atoms in total. The Morgan fingerprint density at radius 3 is 2.29 bits per heavy atom. The van der Waals surface area contributed by atoms with Crippen LogP contribution in [0.4, 0.5) is 0 Å². The third-order valence-corrected chi connectivity index (χ3v) is 7.37. The number of esters is 1. The van der Waals surface area contributed by atoms with Crippen LogP contribution in [0.5, 0.6) is 5.75 Å². The summed E-state index contributed by atoms with van der Waals surface area (Å²) in [5, 5.41) is 0. The lowest BCUT2D eigenvalue weighted by Gasteiger charge is -2.34. The fourth-order valence-electron chi connectivity index (χ4n) is 3.79. The molecule has 2 atom stereocenters. The van der Waals surface area contributed by atoms with Crippen LogP contribution in [-0.4, -0.2) is 49.0 Å². The van der Waals surface area contributed by atoms with Crippen LogP contribution in [0.25, 0.3) is 0 Å². The lowest BCUT2D eigenvalue weighted by atomic mass is 10.2. The van der Waals surface area contributed by atoms with E-state index in [1.807, 2.05) is 44.2 Å². The third-order valence-electron chi connectivity index (χ3n) is 5.52. The topological polar surface area (TPSA) is 95.0 Å². The van der Waals surface area contributed by atoms with E-state index in [0.29, 0.717) is 25.4 Å². The van der Waals surface area contributed by atoms with Crippen LogP contribution >= 0.6 is 0 Å². The quantitative estimate of drug-likeness (QED) is 0.438. The van der Waals surface area contributed by atoms with Gasteiger partial charge in [-0.25, -0.2) is 13.2 Å². The first-order chi connectivity index (χ1) is 16.8. The molecule has 35 heavy (non-hydrogen) atoms. The molecule has 1 fully saturated rings. The fourth-order valence-corrected chi connectivity index (χ4v) is 5.38. The summed E-state index contributed by atoms with van der Waals surface area (Å²) >= 11 is 0. The Kier molecular flexibility index (Phi) is 7.80. The van der Waals surface area contributed by atoms with Crippen molar-refractivity contribution in [3.05, 3.63) is 89.7 Å². The van der Waals surface area contributed by atoms with Crippen molar-refractivity contribution in [2.24, 2.45) is 0 Å². The van der Waals surface area contributed by atoms with Crippen LogP contribution < -0.4 is 4.74 Å². The number of benzene rings is 2. The van der Waals surface area contributed by atoms with Crippen molar-refractivity contribution in [2.45, 2.75) is 44.2 Å². The van der Waals surface area contributed by atoms with Gasteiger partial charge in [-0.3, -0.25) is 4.98 Å². The molecule has 0 amide bonds. The van der Waals surface area contributed by atoms with Gasteiger partial charge in [-0.15, -0.1) is 0 Å². The molecule has 0 bridgehead atoms. The molecule has 3 aromatic rings. The summed E-state index contributed by atoms with van der Waals surface area (Å²) in [6, 6.07) is 18.7. The van der Waals surface area contributed by atoms with Crippen molar-refractivity contribution >= 4 is 16.0 Å². The lowest BCUT2D eigenvalue weighted by Crippen LogP contribution is -2.48. The van der Waals surface area contributed by atoms with Gasteiger partial charge in [0.2, 0.25) is 10.0 Å². The zero-order chi connectivity index (χ0) is 24.8. The number of pyridine rings is 1. The van der Waals surface area contributed by atoms with E-state index in [1.165, 1.54) is 28.6 Å². The summed E-state index contributed by atoms with van der Waals surface area (Å²) in [4.78, 5) is 16.8. The van der Waals surface area contributed by atoms with Crippen molar-refractivity contribution in [2.75, 3.05) is 13.1 Å². The van der Waals surface area contributed by atoms with Crippen molar-refractivity contribution in [1.29, 1.82) is 0 Å². The normalized spacial score (nSPS) is 18.7. The monoisotopic (exact) mass is 496 g/mol. The molecule has 9 heteroatoms. The number of carbonyl (C=O) groups excluding carboxylic acids is 1. The molecule has 0 N–H and O–H groups in total. The summed E-state index contributed by atoms with van der Waals surface area (Å²) in [6.45, 7) is 4.74. The Labute approximate surface area is 205 Å². The number of ether oxygens (including phenoxy) is 3. The molecule has 1 aliphatic heterocycles. The van der Waals surface area contributed by atoms with Crippen LogP contribution in [0.1, 0.15) is 35.5 Å². The third kappa shape index (κ3) is 6.45. The minimum absolute atomic E-state index is 0.0863. The summed E-state index contributed by atoms with van der Waals surface area (Å²) in [6.07, 6.45) is 1.36. The molecule has 0 aliphatic carbocycles. The average molecular weight is 497 g/mol. The van der Waals surface area contributed by atoms with Crippen molar-refractivity contribution in [3.63, 3.8) is 0 Å². The molecule has 1 aliphatic rings. The first-order valence-electron chi connectivity index (χ1n) is 11.4. The van der Waals surface area contributed by atoms with E-state index in [2.05, 4.69) is 4.98 Å². The van der Waals surface area contributed by atoms with Gasteiger partial charge < -0.3 is 14.2 Å². The smallest absolute Gasteiger partial charge is 0.338 e. The van der Waals surface area contributed by atoms with Gasteiger partial charge in [-0.2, -0.15) is 4.31 Å². The average Bonchev–Trinajstić information content (AvgIpc) is 2.87. The van der Waals surface area contributed by atoms with Crippen LogP contribution in [0, 0.1) is 0 Å². The van der Waals surface area contributed by atoms with E-state index in [-0.39, 0.29) is 29.3 Å². The maximum absolute atomic E-state index is 13.0. The maximum Gasteiger partial charge on any atom is 0.338 e. The highest BCUT2D eigenvalue weighted by atomic mass is 32.2. The van der Waals surface area contributed by atoms with Gasteiger partial charge in [0.05, 0.1) is 28.4 Å². The van der Waals surface area contributed by atoms with E-state index < -0.39 is 16.0 Å². The summed E-state index contributed by atoms with van der Waals surface area (Å²) in [5.41, 5.74) is 1.92. The predicted octanol–water partition coefficient (Wildman–Crippen LogP) is 3.82. The van der Waals surface area contributed by atoms with Gasteiger partial charge in [-0.05, 0) is 67.9 Å². The number of morpholine rings is 1. The van der Waals surface area contributed by atoms with Crippen LogP contribution in [-0.2, 0) is 32.7 Å². The van der Waals surface area contributed by atoms with Gasteiger partial charge in [0.15, 0.2) is 0 Å². The van der Waals surface area contributed by atoms with Crippen LogP contribution in [0.3, 0.4) is 0 Å². The molecule has 1 aromatic heterocycles. The first kappa shape index (κ1) is 24.8. The van der Waals surface area contributed by atoms with E-state index in [9.17, 15) is 13.2 Å². The van der Waals surface area contributed by atoms with Gasteiger partial charge in [-0.1, -0.05) is 18.2 Å². The summed E-state index contributed by atoms with van der Waals surface area (Å²) < 4.78 is 44.1. The Balaban J connectivity index is 1.30. The highest BCUT2D eigenvalue weighted by Gasteiger charge is 2.32. The van der Waals surface area contributed by atoms with Gasteiger partial charge >= 0.3 is 5.97 Å². The standard InChI is InChI=1S/C26H28N2O6S/c1-19-15-28(16-20(2)34-19)35(30,31)25-12-8-22(9-13-25)26(29)33-17-21-6-10-24(11-7-21)32-18-23-5-3-4-14-27-23/h3-14,19-20H,15-18H2,1-2H3. The Hall–Kier alpha value is -3.27. The van der Waals surface area contributed by atoms with Gasteiger partial charge in [0, 0.05) is 19.3 Å². The Morgan fingerprint density at radius 2 is 1.66 bits per heavy atom. The second-order valence-electron chi connectivity index (χ2n) is 8.43. The molecule has 2 aromatic carbocycles. The van der Waals surface area contributed by atoms with E-state index >= 15 is 0 Å². The zero-order valence-electron chi connectivity index (χ0n) is 19.7.